The fourth-order valence-electron chi connectivity index (χ4n) is 3.48. The summed E-state index contributed by atoms with van der Waals surface area (Å²) in [4.78, 5) is 17.5. The van der Waals surface area contributed by atoms with Crippen LogP contribution in [0.1, 0.15) is 30.7 Å². The molecule has 33 heavy (non-hydrogen) atoms. The molecule has 3 aromatic heterocycles. The fourth-order valence-corrected chi connectivity index (χ4v) is 4.34. The molecule has 4 heterocycles. The van der Waals surface area contributed by atoms with Crippen LogP contribution in [0.2, 0.25) is 5.02 Å². The zero-order chi connectivity index (χ0) is 22.8. The fraction of sp³-hybridized carbons (Fsp3) is 0.174. The highest BCUT2D eigenvalue weighted by Crippen LogP contribution is 2.36. The molecule has 0 aliphatic carbocycles. The summed E-state index contributed by atoms with van der Waals surface area (Å²) in [7, 11) is 0. The van der Waals surface area contributed by atoms with E-state index in [0.29, 0.717) is 33.9 Å². The molecule has 0 saturated carbocycles. The summed E-state index contributed by atoms with van der Waals surface area (Å²) in [5.74, 6) is 0.833. The summed E-state index contributed by atoms with van der Waals surface area (Å²) in [5, 5.41) is 14.7. The number of furan rings is 1. The first-order valence-electron chi connectivity index (χ1n) is 10.2. The molecule has 1 aromatic carbocycles. The van der Waals surface area contributed by atoms with E-state index in [2.05, 4.69) is 20.3 Å². The largest absolute Gasteiger partial charge is 0.467 e. The molecule has 8 nitrogen and oxygen atoms in total. The van der Waals surface area contributed by atoms with Gasteiger partial charge in [-0.25, -0.2) is 5.01 Å². The smallest absolute Gasteiger partial charge is 0.277 e. The molecular weight excluding hydrogens is 462 g/mol. The van der Waals surface area contributed by atoms with Crippen LogP contribution in [-0.2, 0) is 4.79 Å². The van der Waals surface area contributed by atoms with Crippen LogP contribution in [-0.4, -0.2) is 37.1 Å². The molecule has 5 rings (SSSR count). The maximum atomic E-state index is 13.4. The van der Waals surface area contributed by atoms with E-state index in [-0.39, 0.29) is 11.9 Å². The van der Waals surface area contributed by atoms with E-state index in [1.165, 1.54) is 16.8 Å². The van der Waals surface area contributed by atoms with Gasteiger partial charge < -0.3 is 8.83 Å². The maximum absolute atomic E-state index is 13.4. The molecule has 0 radical (unpaired) electrons. The Hall–Kier alpha value is -3.43. The van der Waals surface area contributed by atoms with Crippen molar-refractivity contribution < 1.29 is 13.6 Å². The van der Waals surface area contributed by atoms with E-state index in [9.17, 15) is 4.79 Å². The molecule has 1 aliphatic rings. The zero-order valence-electron chi connectivity index (χ0n) is 17.5. The Morgan fingerprint density at radius 2 is 2.00 bits per heavy atom. The second-order valence-corrected chi connectivity index (χ2v) is 9.08. The second-order valence-electron chi connectivity index (χ2n) is 7.35. The van der Waals surface area contributed by atoms with Crippen molar-refractivity contribution in [3.63, 3.8) is 0 Å². The van der Waals surface area contributed by atoms with Gasteiger partial charge in [0.25, 0.3) is 11.1 Å². The normalized spacial score (nSPS) is 16.6. The minimum Gasteiger partial charge on any atom is -0.467 e. The van der Waals surface area contributed by atoms with Crippen molar-refractivity contribution in [3.8, 4) is 11.5 Å². The summed E-state index contributed by atoms with van der Waals surface area (Å²) in [6.07, 6.45) is 5.43. The predicted octanol–water partition coefficient (Wildman–Crippen LogP) is 5.24. The number of aromatic nitrogens is 3. The van der Waals surface area contributed by atoms with Crippen LogP contribution in [0.25, 0.3) is 11.5 Å². The van der Waals surface area contributed by atoms with Gasteiger partial charge in [0.2, 0.25) is 5.89 Å². The van der Waals surface area contributed by atoms with Gasteiger partial charge in [0.1, 0.15) is 11.8 Å². The number of halogens is 1. The van der Waals surface area contributed by atoms with E-state index >= 15 is 0 Å². The molecule has 0 spiro atoms. The standard InChI is InChI=1S/C23H18ClN5O3S/c1-14(33-23-27-26-21(32-23)16-4-2-10-25-13-16)22(30)29-19(20-5-3-11-31-20)12-18(28-29)15-6-8-17(24)9-7-15/h2-11,13-14,19H,12H2,1H3/t14-,19+/m1/s1. The van der Waals surface area contributed by atoms with Crippen LogP contribution >= 0.6 is 23.4 Å². The quantitative estimate of drug-likeness (QED) is 0.349. The SMILES string of the molecule is C[C@@H](Sc1nnc(-c2cccnc2)o1)C(=O)N1N=C(c2ccc(Cl)cc2)C[C@H]1c1ccco1. The average Bonchev–Trinajstić information content (AvgIpc) is 3.60. The maximum Gasteiger partial charge on any atom is 0.277 e. The third-order valence-electron chi connectivity index (χ3n) is 5.13. The van der Waals surface area contributed by atoms with Crippen LogP contribution in [0, 0.1) is 0 Å². The Bertz CT molecular complexity index is 1280. The van der Waals surface area contributed by atoms with Crippen LogP contribution in [0.15, 0.2) is 86.3 Å². The predicted molar refractivity (Wildman–Crippen MR) is 124 cm³/mol. The minimum absolute atomic E-state index is 0.188. The van der Waals surface area contributed by atoms with E-state index in [4.69, 9.17) is 20.4 Å². The van der Waals surface area contributed by atoms with Gasteiger partial charge in [0.05, 0.1) is 22.8 Å². The highest BCUT2D eigenvalue weighted by atomic mass is 35.5. The minimum atomic E-state index is -0.516. The van der Waals surface area contributed by atoms with Gasteiger partial charge in [-0.3, -0.25) is 9.78 Å². The Balaban J connectivity index is 1.36. The molecule has 0 saturated heterocycles. The van der Waals surface area contributed by atoms with E-state index in [1.807, 2.05) is 24.3 Å². The number of nitrogens with zero attached hydrogens (tertiary/aromatic N) is 5. The van der Waals surface area contributed by atoms with Crippen molar-refractivity contribution in [1.29, 1.82) is 0 Å². The topological polar surface area (TPSA) is 97.6 Å². The first-order chi connectivity index (χ1) is 16.1. The Kier molecular flexibility index (Phi) is 5.97. The molecule has 10 heteroatoms. The third kappa shape index (κ3) is 4.55. The number of carbonyl (C=O) groups is 1. The average molecular weight is 480 g/mol. The van der Waals surface area contributed by atoms with Crippen molar-refractivity contribution >= 4 is 35.0 Å². The zero-order valence-corrected chi connectivity index (χ0v) is 19.0. The number of benzene rings is 1. The second kappa shape index (κ2) is 9.21. The van der Waals surface area contributed by atoms with Crippen LogP contribution < -0.4 is 0 Å². The van der Waals surface area contributed by atoms with Gasteiger partial charge in [-0.1, -0.05) is 35.5 Å². The van der Waals surface area contributed by atoms with Crippen LogP contribution in [0.5, 0.6) is 0 Å². The molecule has 0 bridgehead atoms. The molecule has 1 aliphatic heterocycles. The number of hydrazone groups is 1. The van der Waals surface area contributed by atoms with Gasteiger partial charge in [-0.2, -0.15) is 5.10 Å². The summed E-state index contributed by atoms with van der Waals surface area (Å²) >= 11 is 7.20. The van der Waals surface area contributed by atoms with Gasteiger partial charge in [-0.15, -0.1) is 10.2 Å². The number of hydrogen-bond donors (Lipinski definition) is 0. The summed E-state index contributed by atoms with van der Waals surface area (Å²) < 4.78 is 11.3. The number of hydrogen-bond acceptors (Lipinski definition) is 8. The van der Waals surface area contributed by atoms with E-state index in [1.54, 1.807) is 49.8 Å². The van der Waals surface area contributed by atoms with Crippen molar-refractivity contribution in [2.45, 2.75) is 29.9 Å². The third-order valence-corrected chi connectivity index (χ3v) is 6.30. The molecule has 1 amide bonds. The van der Waals surface area contributed by atoms with Crippen molar-refractivity contribution in [2.75, 3.05) is 0 Å². The van der Waals surface area contributed by atoms with Gasteiger partial charge in [0.15, 0.2) is 0 Å². The van der Waals surface area contributed by atoms with Crippen molar-refractivity contribution in [3.05, 3.63) is 83.5 Å². The lowest BCUT2D eigenvalue weighted by Gasteiger charge is -2.22. The highest BCUT2D eigenvalue weighted by Gasteiger charge is 2.37. The molecule has 2 atom stereocenters. The molecule has 4 aromatic rings. The Morgan fingerprint density at radius 3 is 2.73 bits per heavy atom. The first-order valence-corrected chi connectivity index (χ1v) is 11.4. The summed E-state index contributed by atoms with van der Waals surface area (Å²) in [5.41, 5.74) is 2.41. The number of carbonyl (C=O) groups excluding carboxylic acids is 1. The lowest BCUT2D eigenvalue weighted by molar-refractivity contribution is -0.132. The highest BCUT2D eigenvalue weighted by molar-refractivity contribution is 8.00. The Morgan fingerprint density at radius 1 is 1.15 bits per heavy atom. The van der Waals surface area contributed by atoms with Crippen LogP contribution in [0.3, 0.4) is 0 Å². The number of pyridine rings is 1. The molecule has 166 valence electrons. The monoisotopic (exact) mass is 479 g/mol. The lowest BCUT2D eigenvalue weighted by Crippen LogP contribution is -2.33. The van der Waals surface area contributed by atoms with Crippen molar-refractivity contribution in [2.24, 2.45) is 5.10 Å². The van der Waals surface area contributed by atoms with Gasteiger partial charge in [-0.05, 0) is 48.9 Å². The van der Waals surface area contributed by atoms with E-state index in [0.717, 1.165) is 11.3 Å². The number of rotatable bonds is 6. The van der Waals surface area contributed by atoms with Crippen LogP contribution in [0.4, 0.5) is 0 Å². The van der Waals surface area contributed by atoms with Crippen molar-refractivity contribution in [1.82, 2.24) is 20.2 Å². The lowest BCUT2D eigenvalue weighted by atomic mass is 10.0. The van der Waals surface area contributed by atoms with Gasteiger partial charge >= 0.3 is 0 Å². The molecule has 0 unspecified atom stereocenters. The first kappa shape index (κ1) is 21.4. The number of amides is 1. The summed E-state index contributed by atoms with van der Waals surface area (Å²) in [6.45, 7) is 1.79. The molecule has 0 N–H and O–H groups in total. The van der Waals surface area contributed by atoms with Gasteiger partial charge in [0, 0.05) is 23.8 Å². The van der Waals surface area contributed by atoms with E-state index < -0.39 is 5.25 Å². The molecular formula is C23H18ClN5O3S. The summed E-state index contributed by atoms with van der Waals surface area (Å²) in [6, 6.07) is 14.3. The number of thioether (sulfide) groups is 1. The Labute approximate surface area is 198 Å². The molecule has 0 fully saturated rings.